The van der Waals surface area contributed by atoms with Crippen LogP contribution in [0, 0.1) is 27.7 Å². The van der Waals surface area contributed by atoms with Gasteiger partial charge in [0.15, 0.2) is 12.7 Å². The van der Waals surface area contributed by atoms with E-state index < -0.39 is 15.2 Å². The van der Waals surface area contributed by atoms with Gasteiger partial charge in [0.25, 0.3) is 0 Å². The quantitative estimate of drug-likeness (QED) is 0.102. The Morgan fingerprint density at radius 2 is 0.929 bits per heavy atom. The van der Waals surface area contributed by atoms with Gasteiger partial charge in [-0.2, -0.15) is 0 Å². The molecule has 14 heteroatoms. The zero-order chi connectivity index (χ0) is 50.3. The van der Waals surface area contributed by atoms with E-state index in [9.17, 15) is 19.3 Å². The molecule has 0 aliphatic carbocycles. The first-order chi connectivity index (χ1) is 33.3. The van der Waals surface area contributed by atoms with E-state index in [1.54, 1.807) is 24.3 Å². The number of hydrogen-bond acceptors (Lipinski definition) is 10. The number of phenolic OH excluding ortho intramolecular Hbond substituents is 2. The molecule has 2 fully saturated rings. The van der Waals surface area contributed by atoms with Gasteiger partial charge in [-0.3, -0.25) is 18.2 Å². The molecule has 2 aliphatic rings. The highest BCUT2D eigenvalue weighted by atomic mass is 35.5. The van der Waals surface area contributed by atoms with Crippen molar-refractivity contribution in [3.63, 3.8) is 0 Å². The lowest BCUT2D eigenvalue weighted by Gasteiger charge is -2.30. The molecule has 2 heterocycles. The van der Waals surface area contributed by atoms with Gasteiger partial charge in [0.2, 0.25) is 0 Å². The summed E-state index contributed by atoms with van der Waals surface area (Å²) in [4.78, 5) is 0. The molecule has 0 amide bonds. The predicted molar refractivity (Wildman–Crippen MR) is 280 cm³/mol. The summed E-state index contributed by atoms with van der Waals surface area (Å²) >= 11 is 12.2. The van der Waals surface area contributed by atoms with E-state index in [2.05, 4.69) is 39.8 Å². The van der Waals surface area contributed by atoms with E-state index in [1.807, 2.05) is 100 Å². The van der Waals surface area contributed by atoms with Gasteiger partial charge in [-0.05, 0) is 180 Å². The number of aromatic hydroxyl groups is 2. The van der Waals surface area contributed by atoms with E-state index >= 15 is 0 Å². The van der Waals surface area contributed by atoms with E-state index in [-0.39, 0.29) is 36.7 Å². The first kappa shape index (κ1) is 53.2. The zero-order valence-electron chi connectivity index (χ0n) is 41.2. The minimum absolute atomic E-state index is 0.155. The Balaban J connectivity index is 0.000000206. The van der Waals surface area contributed by atoms with Crippen LogP contribution in [-0.4, -0.2) is 36.1 Å². The summed E-state index contributed by atoms with van der Waals surface area (Å²) in [5.74, 6) is 2.42. The first-order valence-corrected chi connectivity index (χ1v) is 27.9. The Bertz CT molecular complexity index is 2660. The van der Waals surface area contributed by atoms with Crippen LogP contribution in [0.5, 0.6) is 23.0 Å². The summed E-state index contributed by atoms with van der Waals surface area (Å²) in [6.45, 7) is 17.1. The Morgan fingerprint density at radius 1 is 0.557 bits per heavy atom. The second-order valence-electron chi connectivity index (χ2n) is 18.8. The van der Waals surface area contributed by atoms with Crippen molar-refractivity contribution in [1.82, 2.24) is 0 Å². The average molecular weight is 1030 g/mol. The number of rotatable bonds is 14. The largest absolute Gasteiger partial charge is 0.508 e. The van der Waals surface area contributed by atoms with Crippen LogP contribution in [0.15, 0.2) is 109 Å². The summed E-state index contributed by atoms with van der Waals surface area (Å²) in [6, 6.07) is 34.2. The summed E-state index contributed by atoms with van der Waals surface area (Å²) in [5, 5.41) is 21.5. The lowest BCUT2D eigenvalue weighted by molar-refractivity contribution is 0.0720. The predicted octanol–water partition coefficient (Wildman–Crippen LogP) is 16.2. The molecule has 2 aliphatic heterocycles. The summed E-state index contributed by atoms with van der Waals surface area (Å²) in [6.07, 6.45) is 1.72. The molecule has 4 atom stereocenters. The van der Waals surface area contributed by atoms with Gasteiger partial charge in [-0.1, -0.05) is 99.4 Å². The SMILES string of the molecule is Cc1cc(OC[P@@]2(=O)OCC[C@H](c3cccc(Cl)c3)O2)cc(C)c1Cc1ccc(O)c(C(C)C)c1.Cc1cc(OC[P@]2(=O)OCC[C@H](c3cccc(Cl)c3)O2)cc(C)c1Cc1ccc(O)c(C(C)C)c1. The maximum atomic E-state index is 13.2. The van der Waals surface area contributed by atoms with Crippen LogP contribution in [0.1, 0.15) is 131 Å². The Labute approximate surface area is 423 Å². The maximum Gasteiger partial charge on any atom is 0.368 e. The molecular weight excluding hydrogens is 965 g/mol. The van der Waals surface area contributed by atoms with Gasteiger partial charge in [0.05, 0.1) is 25.4 Å². The van der Waals surface area contributed by atoms with Crippen molar-refractivity contribution < 1.29 is 46.9 Å². The standard InChI is InChI=1S/2C28H32ClO5P/c2*1-18(2)25-14-21(8-9-27(25)30)15-26-19(3)12-24(13-20(26)4)32-17-35(31)33-11-10-28(34-35)22-6-5-7-23(29)16-22/h2*5-9,12-14,16,18,28,30H,10-11,15,17H2,1-4H3/t28-,35+;28-,35-/m11/s1. The van der Waals surface area contributed by atoms with Crippen LogP contribution in [0.25, 0.3) is 0 Å². The number of hydrogen-bond donors (Lipinski definition) is 2. The van der Waals surface area contributed by atoms with Gasteiger partial charge in [-0.15, -0.1) is 0 Å². The third-order valence-electron chi connectivity index (χ3n) is 12.7. The lowest BCUT2D eigenvalue weighted by Crippen LogP contribution is -2.17. The lowest BCUT2D eigenvalue weighted by atomic mass is 9.93. The molecule has 0 bridgehead atoms. The number of benzene rings is 6. The molecule has 0 aromatic heterocycles. The normalized spacial score (nSPS) is 20.2. The molecule has 0 radical (unpaired) electrons. The molecular formula is C56H64Cl2O10P2. The molecule has 372 valence electrons. The molecule has 8 rings (SSSR count). The van der Waals surface area contributed by atoms with Crippen molar-refractivity contribution in [3.8, 4) is 23.0 Å². The number of aryl methyl sites for hydroxylation is 4. The van der Waals surface area contributed by atoms with Crippen molar-refractivity contribution in [2.75, 3.05) is 25.9 Å². The van der Waals surface area contributed by atoms with Gasteiger partial charge in [0.1, 0.15) is 23.0 Å². The maximum absolute atomic E-state index is 13.2. The van der Waals surface area contributed by atoms with Crippen LogP contribution in [0.2, 0.25) is 10.0 Å². The van der Waals surface area contributed by atoms with Crippen molar-refractivity contribution in [2.45, 2.75) is 105 Å². The van der Waals surface area contributed by atoms with Crippen molar-refractivity contribution in [3.05, 3.63) is 186 Å². The molecule has 2 N–H and O–H groups in total. The summed E-state index contributed by atoms with van der Waals surface area (Å²) in [7, 11) is -6.84. The third kappa shape index (κ3) is 13.9. The van der Waals surface area contributed by atoms with E-state index in [0.29, 0.717) is 59.1 Å². The number of halogens is 2. The minimum Gasteiger partial charge on any atom is -0.508 e. The molecule has 2 saturated heterocycles. The zero-order valence-corrected chi connectivity index (χ0v) is 44.5. The van der Waals surface area contributed by atoms with Crippen LogP contribution in [-0.2, 0) is 40.1 Å². The van der Waals surface area contributed by atoms with Crippen molar-refractivity contribution in [1.29, 1.82) is 0 Å². The Morgan fingerprint density at radius 3 is 1.27 bits per heavy atom. The van der Waals surface area contributed by atoms with Gasteiger partial charge in [-0.25, -0.2) is 0 Å². The fraction of sp³-hybridized carbons (Fsp3) is 0.357. The molecule has 10 nitrogen and oxygen atoms in total. The smallest absolute Gasteiger partial charge is 0.368 e. The van der Waals surface area contributed by atoms with Crippen LogP contribution in [0.3, 0.4) is 0 Å². The molecule has 0 saturated carbocycles. The minimum atomic E-state index is -3.42. The van der Waals surface area contributed by atoms with Crippen LogP contribution in [0.4, 0.5) is 0 Å². The van der Waals surface area contributed by atoms with Crippen LogP contribution >= 0.6 is 38.4 Å². The molecule has 70 heavy (non-hydrogen) atoms. The van der Waals surface area contributed by atoms with E-state index in [1.165, 1.54) is 11.1 Å². The Hall–Kier alpha value is -4.60. The summed E-state index contributed by atoms with van der Waals surface area (Å²) < 4.78 is 61.1. The highest BCUT2D eigenvalue weighted by Crippen LogP contribution is 2.57. The highest BCUT2D eigenvalue weighted by molar-refractivity contribution is 7.54. The molecule has 0 unspecified atom stereocenters. The van der Waals surface area contributed by atoms with Crippen molar-refractivity contribution >= 4 is 38.4 Å². The fourth-order valence-electron chi connectivity index (χ4n) is 8.86. The second kappa shape index (κ2) is 23.3. The van der Waals surface area contributed by atoms with E-state index in [0.717, 1.165) is 68.5 Å². The monoisotopic (exact) mass is 1030 g/mol. The topological polar surface area (TPSA) is 130 Å². The van der Waals surface area contributed by atoms with Gasteiger partial charge in [0, 0.05) is 22.9 Å². The highest BCUT2D eigenvalue weighted by Gasteiger charge is 2.37. The average Bonchev–Trinajstić information content (AvgIpc) is 3.31. The number of ether oxygens (including phenoxy) is 2. The molecule has 6 aromatic carbocycles. The third-order valence-corrected chi connectivity index (χ3v) is 16.3. The first-order valence-electron chi connectivity index (χ1n) is 23.7. The van der Waals surface area contributed by atoms with E-state index in [4.69, 9.17) is 50.8 Å². The second-order valence-corrected chi connectivity index (χ2v) is 23.6. The molecule has 6 aromatic rings. The summed E-state index contributed by atoms with van der Waals surface area (Å²) in [5.41, 5.74) is 12.7. The van der Waals surface area contributed by atoms with Gasteiger partial charge < -0.3 is 28.7 Å². The van der Waals surface area contributed by atoms with Crippen molar-refractivity contribution in [2.24, 2.45) is 0 Å². The number of phenols is 2. The fourth-order valence-corrected chi connectivity index (χ4v) is 12.3. The Kier molecular flexibility index (Phi) is 17.7. The van der Waals surface area contributed by atoms with Crippen LogP contribution < -0.4 is 9.47 Å². The van der Waals surface area contributed by atoms with Gasteiger partial charge >= 0.3 is 15.2 Å². The molecule has 0 spiro atoms.